The number of morpholine rings is 1. The Hall–Kier alpha value is -0.610. The second-order valence-corrected chi connectivity index (χ2v) is 5.68. The molecule has 0 radical (unpaired) electrons. The number of hydrogen-bond acceptors (Lipinski definition) is 3. The minimum atomic E-state index is -0.602. The topological polar surface area (TPSA) is 55.6 Å². The number of rotatable bonds is 1. The van der Waals surface area contributed by atoms with Crippen molar-refractivity contribution in [3.05, 3.63) is 0 Å². The molecule has 0 bridgehead atoms. The number of nitrogens with zero attached hydrogens (tertiary/aromatic N) is 1. The Labute approximate surface area is 103 Å². The summed E-state index contributed by atoms with van der Waals surface area (Å²) in [6.45, 7) is 5.39. The maximum Gasteiger partial charge on any atom is 0.242 e. The highest BCUT2D eigenvalue weighted by atomic mass is 16.5. The van der Waals surface area contributed by atoms with Gasteiger partial charge in [0.05, 0.1) is 17.7 Å². The van der Waals surface area contributed by atoms with Crippen molar-refractivity contribution in [2.45, 2.75) is 63.7 Å². The monoisotopic (exact) mass is 240 g/mol. The average molecular weight is 240 g/mol. The molecule has 0 aromatic heterocycles. The molecule has 2 aliphatic rings. The van der Waals surface area contributed by atoms with Gasteiger partial charge in [0, 0.05) is 13.1 Å². The summed E-state index contributed by atoms with van der Waals surface area (Å²) < 4.78 is 5.65. The minimum Gasteiger partial charge on any atom is -0.372 e. The number of carbonyl (C=O) groups excluding carboxylic acids is 1. The third-order valence-electron chi connectivity index (χ3n) is 3.88. The van der Waals surface area contributed by atoms with Crippen molar-refractivity contribution >= 4 is 5.91 Å². The van der Waals surface area contributed by atoms with E-state index in [9.17, 15) is 4.79 Å². The number of ether oxygens (including phenoxy) is 1. The third kappa shape index (κ3) is 2.80. The molecule has 2 atom stereocenters. The highest BCUT2D eigenvalue weighted by Crippen LogP contribution is 2.28. The molecule has 2 fully saturated rings. The summed E-state index contributed by atoms with van der Waals surface area (Å²) in [5.41, 5.74) is 5.69. The van der Waals surface area contributed by atoms with Crippen LogP contribution in [0.2, 0.25) is 0 Å². The Kier molecular flexibility index (Phi) is 3.73. The molecule has 1 saturated heterocycles. The van der Waals surface area contributed by atoms with Crippen molar-refractivity contribution in [2.24, 2.45) is 5.73 Å². The second kappa shape index (κ2) is 4.94. The Bertz CT molecular complexity index is 277. The molecule has 2 rings (SSSR count). The Morgan fingerprint density at radius 2 is 1.71 bits per heavy atom. The first-order valence-electron chi connectivity index (χ1n) is 6.75. The molecule has 1 heterocycles. The molecular weight excluding hydrogens is 216 g/mol. The van der Waals surface area contributed by atoms with Crippen molar-refractivity contribution in [3.63, 3.8) is 0 Å². The van der Waals surface area contributed by atoms with Crippen molar-refractivity contribution in [2.75, 3.05) is 13.1 Å². The van der Waals surface area contributed by atoms with Gasteiger partial charge in [0.15, 0.2) is 0 Å². The number of nitrogens with two attached hydrogens (primary N) is 1. The summed E-state index contributed by atoms with van der Waals surface area (Å²) >= 11 is 0. The van der Waals surface area contributed by atoms with Gasteiger partial charge in [-0.3, -0.25) is 4.79 Å². The van der Waals surface area contributed by atoms with E-state index in [4.69, 9.17) is 10.5 Å². The van der Waals surface area contributed by atoms with Crippen molar-refractivity contribution in [1.82, 2.24) is 4.90 Å². The van der Waals surface area contributed by atoms with Gasteiger partial charge in [-0.15, -0.1) is 0 Å². The summed E-state index contributed by atoms with van der Waals surface area (Å²) in [5.74, 6) is 0.138. The van der Waals surface area contributed by atoms with Crippen LogP contribution in [0.1, 0.15) is 46.0 Å². The van der Waals surface area contributed by atoms with Gasteiger partial charge in [-0.2, -0.15) is 0 Å². The predicted octanol–water partition coefficient (Wildman–Crippen LogP) is 1.28. The lowest BCUT2D eigenvalue weighted by atomic mass is 9.81. The number of hydrogen-bond donors (Lipinski definition) is 1. The van der Waals surface area contributed by atoms with E-state index < -0.39 is 5.54 Å². The van der Waals surface area contributed by atoms with Crippen LogP contribution in [0.3, 0.4) is 0 Å². The van der Waals surface area contributed by atoms with Crippen LogP contribution < -0.4 is 5.73 Å². The van der Waals surface area contributed by atoms with Crippen LogP contribution in [0.25, 0.3) is 0 Å². The van der Waals surface area contributed by atoms with E-state index in [0.29, 0.717) is 13.1 Å². The number of carbonyl (C=O) groups is 1. The van der Waals surface area contributed by atoms with E-state index in [1.54, 1.807) is 0 Å². The fourth-order valence-electron chi connectivity index (χ4n) is 3.06. The molecule has 1 aliphatic carbocycles. The van der Waals surface area contributed by atoms with E-state index in [-0.39, 0.29) is 18.1 Å². The van der Waals surface area contributed by atoms with Crippen LogP contribution in [-0.2, 0) is 9.53 Å². The smallest absolute Gasteiger partial charge is 0.242 e. The molecular formula is C13H24N2O2. The van der Waals surface area contributed by atoms with Crippen molar-refractivity contribution < 1.29 is 9.53 Å². The van der Waals surface area contributed by atoms with Gasteiger partial charge in [-0.25, -0.2) is 0 Å². The van der Waals surface area contributed by atoms with Gasteiger partial charge in [0.25, 0.3) is 0 Å². The summed E-state index contributed by atoms with van der Waals surface area (Å²) in [5, 5.41) is 0. The molecule has 98 valence electrons. The van der Waals surface area contributed by atoms with E-state index in [2.05, 4.69) is 0 Å². The molecule has 1 amide bonds. The van der Waals surface area contributed by atoms with Gasteiger partial charge in [0.1, 0.15) is 0 Å². The summed E-state index contributed by atoms with van der Waals surface area (Å²) in [4.78, 5) is 14.4. The lowest BCUT2D eigenvalue weighted by Crippen LogP contribution is -2.60. The molecule has 1 saturated carbocycles. The van der Waals surface area contributed by atoms with Crippen molar-refractivity contribution in [3.8, 4) is 0 Å². The van der Waals surface area contributed by atoms with Crippen LogP contribution in [0, 0.1) is 0 Å². The van der Waals surface area contributed by atoms with Gasteiger partial charge in [-0.1, -0.05) is 19.3 Å². The lowest BCUT2D eigenvalue weighted by Gasteiger charge is -2.41. The third-order valence-corrected chi connectivity index (χ3v) is 3.88. The Balaban J connectivity index is 2.03. The molecule has 0 aromatic rings. The average Bonchev–Trinajstić information content (AvgIpc) is 2.27. The molecule has 17 heavy (non-hydrogen) atoms. The standard InChI is InChI=1S/C13H24N2O2/c1-10-8-15(9-11(2)17-10)12(16)13(14)6-4-3-5-7-13/h10-11H,3-9,14H2,1-2H3. The van der Waals surface area contributed by atoms with Crippen molar-refractivity contribution in [1.29, 1.82) is 0 Å². The normalized spacial score (nSPS) is 33.5. The van der Waals surface area contributed by atoms with E-state index >= 15 is 0 Å². The maximum atomic E-state index is 12.5. The molecule has 1 aliphatic heterocycles. The van der Waals surface area contributed by atoms with Crippen LogP contribution >= 0.6 is 0 Å². The first-order chi connectivity index (χ1) is 8.01. The first-order valence-corrected chi connectivity index (χ1v) is 6.75. The second-order valence-electron chi connectivity index (χ2n) is 5.68. The largest absolute Gasteiger partial charge is 0.372 e. The molecule has 2 N–H and O–H groups in total. The lowest BCUT2D eigenvalue weighted by molar-refractivity contribution is -0.150. The van der Waals surface area contributed by atoms with Crippen LogP contribution in [0.15, 0.2) is 0 Å². The highest BCUT2D eigenvalue weighted by molar-refractivity contribution is 5.86. The highest BCUT2D eigenvalue weighted by Gasteiger charge is 2.40. The van der Waals surface area contributed by atoms with Crippen LogP contribution in [0.5, 0.6) is 0 Å². The quantitative estimate of drug-likeness (QED) is 0.751. The predicted molar refractivity (Wildman–Crippen MR) is 66.6 cm³/mol. The molecule has 0 spiro atoms. The van der Waals surface area contributed by atoms with Crippen LogP contribution in [0.4, 0.5) is 0 Å². The van der Waals surface area contributed by atoms with Crippen LogP contribution in [-0.4, -0.2) is 41.6 Å². The zero-order chi connectivity index (χ0) is 12.5. The van der Waals surface area contributed by atoms with E-state index in [1.807, 2.05) is 18.7 Å². The molecule has 4 heteroatoms. The summed E-state index contributed by atoms with van der Waals surface area (Å²) in [7, 11) is 0. The fraction of sp³-hybridized carbons (Fsp3) is 0.923. The molecule has 4 nitrogen and oxygen atoms in total. The molecule has 0 aromatic carbocycles. The minimum absolute atomic E-state index is 0.120. The zero-order valence-corrected chi connectivity index (χ0v) is 10.9. The van der Waals surface area contributed by atoms with E-state index in [1.165, 1.54) is 6.42 Å². The van der Waals surface area contributed by atoms with E-state index in [0.717, 1.165) is 25.7 Å². The van der Waals surface area contributed by atoms with Gasteiger partial charge < -0.3 is 15.4 Å². The fourth-order valence-corrected chi connectivity index (χ4v) is 3.06. The van der Waals surface area contributed by atoms with Gasteiger partial charge in [0.2, 0.25) is 5.91 Å². The number of amides is 1. The Morgan fingerprint density at radius 1 is 1.18 bits per heavy atom. The van der Waals surface area contributed by atoms with Gasteiger partial charge >= 0.3 is 0 Å². The zero-order valence-electron chi connectivity index (χ0n) is 10.9. The first kappa shape index (κ1) is 12.8. The van der Waals surface area contributed by atoms with Gasteiger partial charge in [-0.05, 0) is 26.7 Å². The SMILES string of the molecule is CC1CN(C(=O)C2(N)CCCCC2)CC(C)O1. The summed E-state index contributed by atoms with van der Waals surface area (Å²) in [6.07, 6.45) is 5.29. The maximum absolute atomic E-state index is 12.5. The summed E-state index contributed by atoms with van der Waals surface area (Å²) in [6, 6.07) is 0. The Morgan fingerprint density at radius 3 is 2.24 bits per heavy atom. The molecule has 2 unspecified atom stereocenters.